The van der Waals surface area contributed by atoms with Gasteiger partial charge in [0.1, 0.15) is 5.75 Å². The van der Waals surface area contributed by atoms with E-state index < -0.39 is 12.1 Å². The molecule has 0 aliphatic rings. The van der Waals surface area contributed by atoms with Crippen LogP contribution in [0.5, 0.6) is 5.75 Å². The Morgan fingerprint density at radius 1 is 1.00 bits per heavy atom. The monoisotopic (exact) mass is 312 g/mol. The average Bonchev–Trinajstić information content (AvgIpc) is 2.56. The third-order valence-electron chi connectivity index (χ3n) is 3.85. The maximum absolute atomic E-state index is 12.3. The van der Waals surface area contributed by atoms with E-state index in [1.807, 2.05) is 19.9 Å². The second-order valence-electron chi connectivity index (χ2n) is 5.39. The molecule has 2 aromatic rings. The Balaban J connectivity index is 2.11. The van der Waals surface area contributed by atoms with Crippen LogP contribution in [0.1, 0.15) is 38.8 Å². The van der Waals surface area contributed by atoms with Crippen molar-refractivity contribution in [1.82, 2.24) is 0 Å². The molecule has 0 spiro atoms. The van der Waals surface area contributed by atoms with Gasteiger partial charge in [0.05, 0.1) is 12.7 Å². The van der Waals surface area contributed by atoms with Crippen molar-refractivity contribution < 1.29 is 19.1 Å². The van der Waals surface area contributed by atoms with Crippen LogP contribution in [0, 0.1) is 13.8 Å². The normalized spacial score (nSPS) is 11.7. The first-order valence-electron chi connectivity index (χ1n) is 7.39. The molecule has 0 radical (unpaired) electrons. The number of rotatable bonds is 5. The van der Waals surface area contributed by atoms with Crippen LogP contribution in [0.25, 0.3) is 0 Å². The Morgan fingerprint density at radius 2 is 1.65 bits per heavy atom. The molecule has 120 valence electrons. The molecule has 0 bridgehead atoms. The molecule has 0 aliphatic heterocycles. The summed E-state index contributed by atoms with van der Waals surface area (Å²) in [7, 11) is 1.56. The molecule has 0 heterocycles. The molecule has 1 atom stereocenters. The van der Waals surface area contributed by atoms with E-state index in [2.05, 4.69) is 0 Å². The molecule has 2 aromatic carbocycles. The highest BCUT2D eigenvalue weighted by molar-refractivity contribution is 6.01. The lowest BCUT2D eigenvalue weighted by molar-refractivity contribution is 0.0318. The van der Waals surface area contributed by atoms with Gasteiger partial charge in [0.15, 0.2) is 6.10 Å². The first-order chi connectivity index (χ1) is 10.9. The summed E-state index contributed by atoms with van der Waals surface area (Å²) in [4.78, 5) is 24.6. The van der Waals surface area contributed by atoms with E-state index in [-0.39, 0.29) is 5.78 Å². The van der Waals surface area contributed by atoms with E-state index in [4.69, 9.17) is 9.47 Å². The summed E-state index contributed by atoms with van der Waals surface area (Å²) in [6, 6.07) is 12.1. The number of hydrogen-bond acceptors (Lipinski definition) is 4. The van der Waals surface area contributed by atoms with Crippen molar-refractivity contribution >= 4 is 11.8 Å². The topological polar surface area (TPSA) is 52.6 Å². The van der Waals surface area contributed by atoms with Crippen LogP contribution in [0.15, 0.2) is 42.5 Å². The maximum atomic E-state index is 12.3. The number of esters is 1. The smallest absolute Gasteiger partial charge is 0.339 e. The Labute approximate surface area is 136 Å². The van der Waals surface area contributed by atoms with E-state index in [9.17, 15) is 9.59 Å². The number of benzene rings is 2. The predicted molar refractivity (Wildman–Crippen MR) is 88.1 cm³/mol. The van der Waals surface area contributed by atoms with Gasteiger partial charge >= 0.3 is 5.97 Å². The molecule has 0 saturated heterocycles. The number of carbonyl (C=O) groups is 2. The molecule has 0 saturated carbocycles. The third-order valence-corrected chi connectivity index (χ3v) is 3.85. The van der Waals surface area contributed by atoms with Gasteiger partial charge in [-0.2, -0.15) is 0 Å². The summed E-state index contributed by atoms with van der Waals surface area (Å²) in [6.07, 6.45) is -0.851. The number of aryl methyl sites for hydroxylation is 1. The first-order valence-corrected chi connectivity index (χ1v) is 7.39. The lowest BCUT2D eigenvalue weighted by atomic mass is 10.0. The molecule has 0 fully saturated rings. The molecule has 0 N–H and O–H groups in total. The van der Waals surface area contributed by atoms with Gasteiger partial charge in [-0.25, -0.2) is 4.79 Å². The van der Waals surface area contributed by atoms with Crippen molar-refractivity contribution in [2.45, 2.75) is 26.9 Å². The lowest BCUT2D eigenvalue weighted by Gasteiger charge is -2.14. The van der Waals surface area contributed by atoms with E-state index in [0.717, 1.165) is 11.1 Å². The Morgan fingerprint density at radius 3 is 2.26 bits per heavy atom. The number of carbonyl (C=O) groups excluding carboxylic acids is 2. The van der Waals surface area contributed by atoms with Crippen LogP contribution < -0.4 is 4.74 Å². The summed E-state index contributed by atoms with van der Waals surface area (Å²) < 4.78 is 10.4. The lowest BCUT2D eigenvalue weighted by Crippen LogP contribution is -2.24. The molecule has 0 aliphatic carbocycles. The summed E-state index contributed by atoms with van der Waals surface area (Å²) in [6.45, 7) is 5.37. The Hall–Kier alpha value is -2.62. The zero-order valence-corrected chi connectivity index (χ0v) is 13.8. The van der Waals surface area contributed by atoms with Crippen molar-refractivity contribution in [3.05, 3.63) is 64.7 Å². The highest BCUT2D eigenvalue weighted by Gasteiger charge is 2.21. The minimum Gasteiger partial charge on any atom is -0.497 e. The standard InChI is InChI=1S/C19H20O4/c1-12-6-5-7-17(13(12)2)19(21)23-14(3)18(20)15-8-10-16(22-4)11-9-15/h5-11,14H,1-4H3/t14-/m0/s1. The Bertz CT molecular complexity index is 717. The summed E-state index contributed by atoms with van der Waals surface area (Å²) in [5, 5.41) is 0. The minimum absolute atomic E-state index is 0.244. The summed E-state index contributed by atoms with van der Waals surface area (Å²) in [5.74, 6) is -0.0616. The second kappa shape index (κ2) is 7.09. The highest BCUT2D eigenvalue weighted by atomic mass is 16.5. The number of hydrogen-bond donors (Lipinski definition) is 0. The molecular formula is C19H20O4. The van der Waals surface area contributed by atoms with Gasteiger partial charge in [-0.15, -0.1) is 0 Å². The van der Waals surface area contributed by atoms with Gasteiger partial charge in [0.25, 0.3) is 0 Å². The van der Waals surface area contributed by atoms with Crippen LogP contribution in [0.2, 0.25) is 0 Å². The summed E-state index contributed by atoms with van der Waals surface area (Å²) in [5.41, 5.74) is 2.83. The van der Waals surface area contributed by atoms with Gasteiger partial charge in [-0.1, -0.05) is 12.1 Å². The summed E-state index contributed by atoms with van der Waals surface area (Å²) >= 11 is 0. The minimum atomic E-state index is -0.851. The van der Waals surface area contributed by atoms with Gasteiger partial charge in [0.2, 0.25) is 5.78 Å². The molecule has 0 aromatic heterocycles. The van der Waals surface area contributed by atoms with E-state index in [0.29, 0.717) is 16.9 Å². The molecule has 2 rings (SSSR count). The first kappa shape index (κ1) is 16.7. The third kappa shape index (κ3) is 3.77. The van der Waals surface area contributed by atoms with Crippen LogP contribution >= 0.6 is 0 Å². The van der Waals surface area contributed by atoms with Crippen molar-refractivity contribution in [1.29, 1.82) is 0 Å². The largest absolute Gasteiger partial charge is 0.497 e. The van der Waals surface area contributed by atoms with Gasteiger partial charge in [-0.05, 0) is 62.2 Å². The second-order valence-corrected chi connectivity index (χ2v) is 5.39. The van der Waals surface area contributed by atoms with Gasteiger partial charge in [-0.3, -0.25) is 4.79 Å². The van der Waals surface area contributed by atoms with Crippen LogP contribution in [0.4, 0.5) is 0 Å². The van der Waals surface area contributed by atoms with E-state index in [1.165, 1.54) is 0 Å². The van der Waals surface area contributed by atoms with Crippen molar-refractivity contribution in [2.75, 3.05) is 7.11 Å². The molecule has 4 heteroatoms. The van der Waals surface area contributed by atoms with Crippen molar-refractivity contribution in [3.63, 3.8) is 0 Å². The molecule has 0 amide bonds. The Kier molecular flexibility index (Phi) is 5.16. The van der Waals surface area contributed by atoms with Crippen LogP contribution in [-0.4, -0.2) is 25.0 Å². The average molecular weight is 312 g/mol. The van der Waals surface area contributed by atoms with Crippen LogP contribution in [-0.2, 0) is 4.74 Å². The highest BCUT2D eigenvalue weighted by Crippen LogP contribution is 2.17. The van der Waals surface area contributed by atoms with Crippen molar-refractivity contribution in [3.8, 4) is 5.75 Å². The zero-order valence-electron chi connectivity index (χ0n) is 13.8. The fourth-order valence-electron chi connectivity index (χ4n) is 2.24. The number of Topliss-reactive ketones (excluding diaryl/α,β-unsaturated/α-hetero) is 1. The number of ether oxygens (including phenoxy) is 2. The number of methoxy groups -OCH3 is 1. The molecule has 4 nitrogen and oxygen atoms in total. The quantitative estimate of drug-likeness (QED) is 0.623. The SMILES string of the molecule is COc1ccc(C(=O)[C@H](C)OC(=O)c2cccc(C)c2C)cc1. The molecule has 0 unspecified atom stereocenters. The molecular weight excluding hydrogens is 292 g/mol. The van der Waals surface area contributed by atoms with Gasteiger partial charge < -0.3 is 9.47 Å². The van der Waals surface area contributed by atoms with E-state index in [1.54, 1.807) is 50.4 Å². The van der Waals surface area contributed by atoms with Gasteiger partial charge in [0, 0.05) is 5.56 Å². The zero-order chi connectivity index (χ0) is 17.0. The predicted octanol–water partition coefficient (Wildman–Crippen LogP) is 3.74. The number of ketones is 1. The fourth-order valence-corrected chi connectivity index (χ4v) is 2.24. The molecule has 23 heavy (non-hydrogen) atoms. The van der Waals surface area contributed by atoms with E-state index >= 15 is 0 Å². The maximum Gasteiger partial charge on any atom is 0.339 e. The van der Waals surface area contributed by atoms with Crippen molar-refractivity contribution in [2.24, 2.45) is 0 Å². The fraction of sp³-hybridized carbons (Fsp3) is 0.263. The van der Waals surface area contributed by atoms with Crippen LogP contribution in [0.3, 0.4) is 0 Å².